The smallest absolute Gasteiger partial charge is 0.309 e. The highest BCUT2D eigenvalue weighted by Crippen LogP contribution is 2.23. The molecule has 0 heterocycles. The van der Waals surface area contributed by atoms with Gasteiger partial charge in [0, 0.05) is 25.1 Å². The van der Waals surface area contributed by atoms with Crippen LogP contribution in [0.3, 0.4) is 0 Å². The third-order valence-corrected chi connectivity index (χ3v) is 3.90. The molecule has 0 unspecified atom stereocenters. The summed E-state index contributed by atoms with van der Waals surface area (Å²) in [5, 5.41) is 5.14. The van der Waals surface area contributed by atoms with Gasteiger partial charge >= 0.3 is 5.97 Å². The monoisotopic (exact) mass is 358 g/mol. The zero-order valence-corrected chi connectivity index (χ0v) is 14.8. The second-order valence-electron chi connectivity index (χ2n) is 6.14. The van der Waals surface area contributed by atoms with Gasteiger partial charge in [-0.3, -0.25) is 19.2 Å². The molecule has 0 aromatic heterocycles. The van der Waals surface area contributed by atoms with Crippen LogP contribution >= 0.6 is 0 Å². The number of allylic oxidation sites excluding steroid dienone is 2. The molecule has 0 radical (unpaired) electrons. The summed E-state index contributed by atoms with van der Waals surface area (Å²) in [6.45, 7) is 2.28. The van der Waals surface area contributed by atoms with Gasteiger partial charge in [0.25, 0.3) is 0 Å². The Balaban J connectivity index is 2.08. The number of nitrogens with one attached hydrogen (secondary N) is 2. The number of anilines is 2. The Morgan fingerprint density at radius 2 is 1.81 bits per heavy atom. The summed E-state index contributed by atoms with van der Waals surface area (Å²) in [5.41, 5.74) is 0.917. The first kappa shape index (κ1) is 19.4. The molecule has 1 aromatic carbocycles. The SMILES string of the molecule is CC(=O)Nc1ccc(C(=O)COC(=O)[C@@H]2CC=CCC2)c(NC(C)=O)c1. The van der Waals surface area contributed by atoms with Crippen LogP contribution in [0.4, 0.5) is 11.4 Å². The number of benzene rings is 1. The minimum absolute atomic E-state index is 0.214. The van der Waals surface area contributed by atoms with Gasteiger partial charge in [-0.1, -0.05) is 12.2 Å². The highest BCUT2D eigenvalue weighted by molar-refractivity contribution is 6.06. The van der Waals surface area contributed by atoms with E-state index in [2.05, 4.69) is 10.6 Å². The Kier molecular flexibility index (Phi) is 6.66. The van der Waals surface area contributed by atoms with Crippen molar-refractivity contribution in [3.8, 4) is 0 Å². The van der Waals surface area contributed by atoms with Gasteiger partial charge in [-0.05, 0) is 37.5 Å². The van der Waals surface area contributed by atoms with E-state index in [9.17, 15) is 19.2 Å². The first-order valence-corrected chi connectivity index (χ1v) is 8.41. The van der Waals surface area contributed by atoms with E-state index in [4.69, 9.17) is 4.74 Å². The maximum Gasteiger partial charge on any atom is 0.309 e. The number of ketones is 1. The molecule has 0 aliphatic heterocycles. The van der Waals surface area contributed by atoms with Crippen molar-refractivity contribution in [3.05, 3.63) is 35.9 Å². The van der Waals surface area contributed by atoms with Crippen molar-refractivity contribution < 1.29 is 23.9 Å². The molecule has 1 aliphatic rings. The van der Waals surface area contributed by atoms with Crippen molar-refractivity contribution in [2.24, 2.45) is 5.92 Å². The third-order valence-electron chi connectivity index (χ3n) is 3.90. The van der Waals surface area contributed by atoms with Gasteiger partial charge < -0.3 is 15.4 Å². The lowest BCUT2D eigenvalue weighted by atomic mass is 9.95. The number of rotatable bonds is 6. The molecule has 0 saturated heterocycles. The number of amides is 2. The van der Waals surface area contributed by atoms with Crippen LogP contribution in [0.15, 0.2) is 30.4 Å². The predicted octanol–water partition coefficient (Wildman–Crippen LogP) is 2.69. The highest BCUT2D eigenvalue weighted by atomic mass is 16.5. The van der Waals surface area contributed by atoms with Gasteiger partial charge in [-0.25, -0.2) is 0 Å². The number of hydrogen-bond acceptors (Lipinski definition) is 5. The normalized spacial score (nSPS) is 15.8. The number of Topliss-reactive ketones (excluding diaryl/α,β-unsaturated/α-hetero) is 1. The second kappa shape index (κ2) is 8.94. The molecule has 0 fully saturated rings. The second-order valence-corrected chi connectivity index (χ2v) is 6.14. The Bertz CT molecular complexity index is 754. The first-order chi connectivity index (χ1) is 12.4. The van der Waals surface area contributed by atoms with Crippen LogP contribution in [0.25, 0.3) is 0 Å². The lowest BCUT2D eigenvalue weighted by Gasteiger charge is -2.16. The van der Waals surface area contributed by atoms with Crippen molar-refractivity contribution in [3.63, 3.8) is 0 Å². The zero-order valence-electron chi connectivity index (χ0n) is 14.8. The quantitative estimate of drug-likeness (QED) is 0.462. The van der Waals surface area contributed by atoms with Crippen LogP contribution < -0.4 is 10.6 Å². The Hall–Kier alpha value is -2.96. The molecule has 26 heavy (non-hydrogen) atoms. The molecule has 2 N–H and O–H groups in total. The van der Waals surface area contributed by atoms with E-state index in [-0.39, 0.29) is 29.0 Å². The molecule has 2 rings (SSSR count). The van der Waals surface area contributed by atoms with E-state index < -0.39 is 18.4 Å². The molecule has 0 bridgehead atoms. The van der Waals surface area contributed by atoms with Crippen molar-refractivity contribution in [1.82, 2.24) is 0 Å². The first-order valence-electron chi connectivity index (χ1n) is 8.41. The van der Waals surface area contributed by atoms with Crippen molar-refractivity contribution >= 4 is 34.9 Å². The molecular weight excluding hydrogens is 336 g/mol. The molecule has 1 aliphatic carbocycles. The largest absolute Gasteiger partial charge is 0.457 e. The van der Waals surface area contributed by atoms with E-state index in [1.165, 1.54) is 26.0 Å². The summed E-state index contributed by atoms with van der Waals surface area (Å²) < 4.78 is 5.15. The Labute approximate surface area is 151 Å². The van der Waals surface area contributed by atoms with Crippen molar-refractivity contribution in [2.45, 2.75) is 33.1 Å². The standard InChI is InChI=1S/C19H22N2O5/c1-12(22)20-15-8-9-16(17(10-15)21-13(2)23)18(24)11-26-19(25)14-6-4-3-5-7-14/h3-4,8-10,14H,5-7,11H2,1-2H3,(H,20,22)(H,21,23)/t14-/m1/s1. The minimum Gasteiger partial charge on any atom is -0.457 e. The van der Waals surface area contributed by atoms with Crippen LogP contribution in [0, 0.1) is 5.92 Å². The van der Waals surface area contributed by atoms with Gasteiger partial charge in [0.1, 0.15) is 0 Å². The van der Waals surface area contributed by atoms with Crippen LogP contribution in [0.5, 0.6) is 0 Å². The maximum atomic E-state index is 12.4. The van der Waals surface area contributed by atoms with Gasteiger partial charge in [0.2, 0.25) is 17.6 Å². The molecule has 2 amide bonds. The molecule has 7 heteroatoms. The van der Waals surface area contributed by atoms with Crippen molar-refractivity contribution in [2.75, 3.05) is 17.2 Å². The van der Waals surface area contributed by atoms with Crippen LogP contribution in [-0.4, -0.2) is 30.2 Å². The van der Waals surface area contributed by atoms with Gasteiger partial charge in [0.15, 0.2) is 6.61 Å². The molecule has 0 saturated carbocycles. The Morgan fingerprint density at radius 1 is 1.08 bits per heavy atom. The van der Waals surface area contributed by atoms with E-state index >= 15 is 0 Å². The molecular formula is C19H22N2O5. The lowest BCUT2D eigenvalue weighted by Crippen LogP contribution is -2.23. The third kappa shape index (κ3) is 5.54. The van der Waals surface area contributed by atoms with Crippen LogP contribution in [-0.2, 0) is 19.1 Å². The summed E-state index contributed by atoms with van der Waals surface area (Å²) in [5.74, 6) is -1.66. The predicted molar refractivity (Wildman–Crippen MR) is 96.8 cm³/mol. The lowest BCUT2D eigenvalue weighted by molar-refractivity contribution is -0.147. The average Bonchev–Trinajstić information content (AvgIpc) is 2.59. The molecule has 0 spiro atoms. The summed E-state index contributed by atoms with van der Waals surface area (Å²) in [6, 6.07) is 4.52. The minimum atomic E-state index is -0.428. The molecule has 1 atom stereocenters. The number of esters is 1. The maximum absolute atomic E-state index is 12.4. The van der Waals surface area contributed by atoms with Gasteiger partial charge in [-0.2, -0.15) is 0 Å². The van der Waals surface area contributed by atoms with E-state index in [1.54, 1.807) is 6.07 Å². The van der Waals surface area contributed by atoms with Gasteiger partial charge in [0.05, 0.1) is 11.6 Å². The number of carbonyl (C=O) groups is 4. The highest BCUT2D eigenvalue weighted by Gasteiger charge is 2.22. The summed E-state index contributed by atoms with van der Waals surface area (Å²) in [7, 11) is 0. The van der Waals surface area contributed by atoms with Crippen LogP contribution in [0.2, 0.25) is 0 Å². The topological polar surface area (TPSA) is 102 Å². The van der Waals surface area contributed by atoms with Crippen LogP contribution in [0.1, 0.15) is 43.5 Å². The fourth-order valence-electron chi connectivity index (χ4n) is 2.70. The summed E-state index contributed by atoms with van der Waals surface area (Å²) in [6.07, 6.45) is 6.12. The fourth-order valence-corrected chi connectivity index (χ4v) is 2.70. The molecule has 138 valence electrons. The molecule has 1 aromatic rings. The molecule has 7 nitrogen and oxygen atoms in total. The fraction of sp³-hybridized carbons (Fsp3) is 0.368. The zero-order chi connectivity index (χ0) is 19.1. The van der Waals surface area contributed by atoms with Crippen molar-refractivity contribution in [1.29, 1.82) is 0 Å². The summed E-state index contributed by atoms with van der Waals surface area (Å²) >= 11 is 0. The van der Waals surface area contributed by atoms with Gasteiger partial charge in [-0.15, -0.1) is 0 Å². The van der Waals surface area contributed by atoms with E-state index in [1.807, 2.05) is 12.2 Å². The number of hydrogen-bond donors (Lipinski definition) is 2. The Morgan fingerprint density at radius 3 is 2.42 bits per heavy atom. The number of carbonyl (C=O) groups excluding carboxylic acids is 4. The average molecular weight is 358 g/mol. The summed E-state index contributed by atoms with van der Waals surface area (Å²) in [4.78, 5) is 47.0. The van der Waals surface area contributed by atoms with E-state index in [0.717, 1.165) is 6.42 Å². The van der Waals surface area contributed by atoms with E-state index in [0.29, 0.717) is 18.5 Å². The number of ether oxygens (including phenoxy) is 1.